The molecule has 0 aliphatic heterocycles. The molecule has 0 fully saturated rings. The van der Waals surface area contributed by atoms with Crippen molar-refractivity contribution in [2.75, 3.05) is 19.0 Å². The zero-order valence-electron chi connectivity index (χ0n) is 16.0. The number of carbonyl (C=O) groups is 1. The van der Waals surface area contributed by atoms with Gasteiger partial charge in [0.2, 0.25) is 0 Å². The number of anilines is 1. The summed E-state index contributed by atoms with van der Waals surface area (Å²) in [5.41, 5.74) is 2.55. The van der Waals surface area contributed by atoms with E-state index in [1.165, 1.54) is 11.3 Å². The van der Waals surface area contributed by atoms with Gasteiger partial charge in [-0.05, 0) is 77.0 Å². The normalized spacial score (nSPS) is 10.4. The SMILES string of the molecule is COc1ccc(-c2csc(NC(=S)NC(=O)COc3ccc(Cl)cc3C)n2)cc1Br. The number of thiazole rings is 1. The topological polar surface area (TPSA) is 72.5 Å². The van der Waals surface area contributed by atoms with Crippen LogP contribution in [0.25, 0.3) is 11.3 Å². The molecule has 3 rings (SSSR count). The van der Waals surface area contributed by atoms with Gasteiger partial charge in [0.05, 0.1) is 17.3 Å². The first-order valence-corrected chi connectivity index (χ1v) is 11.1. The number of aromatic nitrogens is 1. The fourth-order valence-corrected chi connectivity index (χ4v) is 4.27. The number of nitrogens with zero attached hydrogens (tertiary/aromatic N) is 1. The van der Waals surface area contributed by atoms with Crippen molar-refractivity contribution in [2.24, 2.45) is 0 Å². The molecule has 0 radical (unpaired) electrons. The molecule has 1 heterocycles. The summed E-state index contributed by atoms with van der Waals surface area (Å²) in [5.74, 6) is 0.952. The van der Waals surface area contributed by atoms with Crippen molar-refractivity contribution in [1.29, 1.82) is 0 Å². The van der Waals surface area contributed by atoms with Gasteiger partial charge in [-0.25, -0.2) is 4.98 Å². The number of aryl methyl sites for hydroxylation is 1. The lowest BCUT2D eigenvalue weighted by Crippen LogP contribution is -2.37. The minimum Gasteiger partial charge on any atom is -0.496 e. The molecule has 0 saturated carbocycles. The van der Waals surface area contributed by atoms with E-state index >= 15 is 0 Å². The van der Waals surface area contributed by atoms with Crippen LogP contribution in [0.4, 0.5) is 5.13 Å². The molecule has 0 atom stereocenters. The molecule has 10 heteroatoms. The lowest BCUT2D eigenvalue weighted by Gasteiger charge is -2.10. The second-order valence-corrected chi connectivity index (χ2v) is 8.65. The lowest BCUT2D eigenvalue weighted by molar-refractivity contribution is -0.121. The van der Waals surface area contributed by atoms with Crippen LogP contribution in [-0.2, 0) is 4.79 Å². The monoisotopic (exact) mass is 525 g/mol. The smallest absolute Gasteiger partial charge is 0.264 e. The van der Waals surface area contributed by atoms with E-state index in [4.69, 9.17) is 33.3 Å². The summed E-state index contributed by atoms with van der Waals surface area (Å²) in [6.45, 7) is 1.68. The van der Waals surface area contributed by atoms with Crippen LogP contribution in [0.1, 0.15) is 5.56 Å². The van der Waals surface area contributed by atoms with Crippen LogP contribution in [0.15, 0.2) is 46.3 Å². The molecule has 0 spiro atoms. The fourth-order valence-electron chi connectivity index (χ4n) is 2.50. The van der Waals surface area contributed by atoms with Gasteiger partial charge in [0, 0.05) is 16.0 Å². The van der Waals surface area contributed by atoms with E-state index in [2.05, 4.69) is 31.5 Å². The lowest BCUT2D eigenvalue weighted by atomic mass is 10.2. The van der Waals surface area contributed by atoms with E-state index in [0.717, 1.165) is 27.0 Å². The third kappa shape index (κ3) is 5.91. The zero-order valence-corrected chi connectivity index (χ0v) is 20.0. The van der Waals surface area contributed by atoms with Gasteiger partial charge < -0.3 is 14.8 Å². The highest BCUT2D eigenvalue weighted by atomic mass is 79.9. The molecule has 3 aromatic rings. The van der Waals surface area contributed by atoms with Crippen LogP contribution in [0, 0.1) is 6.92 Å². The first-order chi connectivity index (χ1) is 14.4. The first-order valence-electron chi connectivity index (χ1n) is 8.65. The Bertz CT molecular complexity index is 1090. The molecular weight excluding hydrogens is 510 g/mol. The van der Waals surface area contributed by atoms with Crippen LogP contribution < -0.4 is 20.1 Å². The average Bonchev–Trinajstić information content (AvgIpc) is 3.15. The van der Waals surface area contributed by atoms with Crippen molar-refractivity contribution in [3.8, 4) is 22.8 Å². The number of nitrogens with one attached hydrogen (secondary N) is 2. The molecule has 0 unspecified atom stereocenters. The van der Waals surface area contributed by atoms with Crippen molar-refractivity contribution in [3.05, 3.63) is 56.8 Å². The largest absolute Gasteiger partial charge is 0.496 e. The number of thiocarbonyl (C=S) groups is 1. The Labute approximate surface area is 196 Å². The van der Waals surface area contributed by atoms with Crippen LogP contribution in [-0.4, -0.2) is 29.7 Å². The molecule has 1 amide bonds. The quantitative estimate of drug-likeness (QED) is 0.417. The maximum absolute atomic E-state index is 12.1. The molecule has 2 N–H and O–H groups in total. The molecule has 1 aromatic heterocycles. The van der Waals surface area contributed by atoms with E-state index in [1.54, 1.807) is 25.3 Å². The van der Waals surface area contributed by atoms with E-state index in [9.17, 15) is 4.79 Å². The van der Waals surface area contributed by atoms with Crippen LogP contribution in [0.2, 0.25) is 5.02 Å². The molecule has 2 aromatic carbocycles. The van der Waals surface area contributed by atoms with Gasteiger partial charge in [-0.3, -0.25) is 10.1 Å². The Balaban J connectivity index is 1.53. The predicted octanol–water partition coefficient (Wildman–Crippen LogP) is 5.44. The van der Waals surface area contributed by atoms with Crippen LogP contribution in [0.5, 0.6) is 11.5 Å². The number of ether oxygens (including phenoxy) is 2. The third-order valence-electron chi connectivity index (χ3n) is 3.92. The Morgan fingerprint density at radius 3 is 2.73 bits per heavy atom. The Hall–Kier alpha value is -2.20. The van der Waals surface area contributed by atoms with Crippen molar-refractivity contribution < 1.29 is 14.3 Å². The van der Waals surface area contributed by atoms with Crippen molar-refractivity contribution >= 4 is 67.2 Å². The number of hydrogen-bond acceptors (Lipinski definition) is 6. The maximum Gasteiger partial charge on any atom is 0.264 e. The Morgan fingerprint density at radius 1 is 1.27 bits per heavy atom. The number of carbonyl (C=O) groups excluding carboxylic acids is 1. The number of halogens is 2. The maximum atomic E-state index is 12.1. The van der Waals surface area contributed by atoms with E-state index in [0.29, 0.717) is 15.9 Å². The van der Waals surface area contributed by atoms with Crippen molar-refractivity contribution in [3.63, 3.8) is 0 Å². The molecular formula is C20H17BrClN3O3S2. The highest BCUT2D eigenvalue weighted by molar-refractivity contribution is 9.10. The average molecular weight is 527 g/mol. The molecule has 0 saturated heterocycles. The van der Waals surface area contributed by atoms with Gasteiger partial charge >= 0.3 is 0 Å². The summed E-state index contributed by atoms with van der Waals surface area (Å²) in [5, 5.41) is 8.71. The summed E-state index contributed by atoms with van der Waals surface area (Å²) in [6, 6.07) is 10.9. The highest BCUT2D eigenvalue weighted by Crippen LogP contribution is 2.32. The predicted molar refractivity (Wildman–Crippen MR) is 128 cm³/mol. The van der Waals surface area contributed by atoms with Gasteiger partial charge in [-0.1, -0.05) is 11.6 Å². The van der Waals surface area contributed by atoms with Gasteiger partial charge in [0.1, 0.15) is 11.5 Å². The van der Waals surface area contributed by atoms with Crippen molar-refractivity contribution in [1.82, 2.24) is 10.3 Å². The molecule has 30 heavy (non-hydrogen) atoms. The van der Waals surface area contributed by atoms with E-state index in [-0.39, 0.29) is 17.6 Å². The van der Waals surface area contributed by atoms with Gasteiger partial charge in [0.15, 0.2) is 16.9 Å². The molecule has 156 valence electrons. The summed E-state index contributed by atoms with van der Waals surface area (Å²) < 4.78 is 11.6. The number of benzene rings is 2. The molecule has 0 aliphatic rings. The number of hydrogen-bond donors (Lipinski definition) is 2. The number of methoxy groups -OCH3 is 1. The summed E-state index contributed by atoms with van der Waals surface area (Å²) in [4.78, 5) is 16.6. The molecule has 0 aliphatic carbocycles. The highest BCUT2D eigenvalue weighted by Gasteiger charge is 2.11. The fraction of sp³-hybridized carbons (Fsp3) is 0.150. The molecule has 0 bridgehead atoms. The number of amides is 1. The van der Waals surface area contributed by atoms with Gasteiger partial charge in [0.25, 0.3) is 5.91 Å². The van der Waals surface area contributed by atoms with E-state index in [1.807, 2.05) is 30.5 Å². The second kappa shape index (κ2) is 10.2. The Kier molecular flexibility index (Phi) is 7.65. The van der Waals surface area contributed by atoms with Gasteiger partial charge in [-0.2, -0.15) is 0 Å². The van der Waals surface area contributed by atoms with Gasteiger partial charge in [-0.15, -0.1) is 11.3 Å². The van der Waals surface area contributed by atoms with Crippen LogP contribution >= 0.6 is 51.1 Å². The first kappa shape index (κ1) is 22.5. The minimum absolute atomic E-state index is 0.147. The van der Waals surface area contributed by atoms with Crippen LogP contribution in [0.3, 0.4) is 0 Å². The van der Waals surface area contributed by atoms with Crippen molar-refractivity contribution in [2.45, 2.75) is 6.92 Å². The summed E-state index contributed by atoms with van der Waals surface area (Å²) in [6.07, 6.45) is 0. The van der Waals surface area contributed by atoms with E-state index < -0.39 is 0 Å². The summed E-state index contributed by atoms with van der Waals surface area (Å²) in [7, 11) is 1.61. The molecule has 6 nitrogen and oxygen atoms in total. The second-order valence-electron chi connectivity index (χ2n) is 6.09. The summed E-state index contributed by atoms with van der Waals surface area (Å²) >= 11 is 16.0. The zero-order chi connectivity index (χ0) is 21.7. The third-order valence-corrected chi connectivity index (χ3v) is 5.74. The number of rotatable bonds is 6. The minimum atomic E-state index is -0.377. The Morgan fingerprint density at radius 2 is 2.03 bits per heavy atom. The standard InChI is InChI=1S/C20H17BrClN3O3S2/c1-11-7-13(22)4-6-16(11)28-9-18(26)24-19(29)25-20-23-15(10-30-20)12-3-5-17(27-2)14(21)8-12/h3-8,10H,9H2,1-2H3,(H2,23,24,25,26,29).